The van der Waals surface area contributed by atoms with Crippen LogP contribution in [0.5, 0.6) is 0 Å². The van der Waals surface area contributed by atoms with Crippen LogP contribution in [0, 0.1) is 36.3 Å². The van der Waals surface area contributed by atoms with Crippen LogP contribution in [0.4, 0.5) is 5.69 Å². The standard InChI is InChI=1S/C17H15N5O3S/c1-4-7-20-14-6-5-13(22(24)25)9-15(14)26-17(20)18-16(23)10-21-12(3)8-11(2)19-21/h1,5-6,8-9H,7,10H2,2-3H3. The van der Waals surface area contributed by atoms with Crippen LogP contribution in [-0.4, -0.2) is 25.2 Å². The third kappa shape index (κ3) is 3.41. The van der Waals surface area contributed by atoms with E-state index in [1.165, 1.54) is 23.5 Å². The number of thiazole rings is 1. The van der Waals surface area contributed by atoms with Crippen molar-refractivity contribution in [2.24, 2.45) is 4.99 Å². The van der Waals surface area contributed by atoms with Gasteiger partial charge in [0.2, 0.25) is 0 Å². The molecule has 1 aromatic carbocycles. The smallest absolute Gasteiger partial charge is 0.270 e. The second-order valence-corrected chi connectivity index (χ2v) is 6.68. The lowest BCUT2D eigenvalue weighted by molar-refractivity contribution is -0.384. The summed E-state index contributed by atoms with van der Waals surface area (Å²) in [6, 6.07) is 6.36. The Kier molecular flexibility index (Phi) is 4.69. The van der Waals surface area contributed by atoms with Crippen molar-refractivity contribution in [2.45, 2.75) is 26.9 Å². The number of carbonyl (C=O) groups excluding carboxylic acids is 1. The Bertz CT molecular complexity index is 1130. The fraction of sp³-hybridized carbons (Fsp3) is 0.235. The molecule has 0 spiro atoms. The Morgan fingerprint density at radius 1 is 1.42 bits per heavy atom. The van der Waals surface area contributed by atoms with Gasteiger partial charge in [-0.1, -0.05) is 17.3 Å². The molecule has 1 amide bonds. The van der Waals surface area contributed by atoms with Crippen LogP contribution in [0.15, 0.2) is 29.3 Å². The summed E-state index contributed by atoms with van der Waals surface area (Å²) in [5.41, 5.74) is 2.38. The van der Waals surface area contributed by atoms with E-state index < -0.39 is 4.92 Å². The lowest BCUT2D eigenvalue weighted by Crippen LogP contribution is -2.19. The normalized spacial score (nSPS) is 11.7. The van der Waals surface area contributed by atoms with Crippen LogP contribution in [-0.2, 0) is 17.9 Å². The lowest BCUT2D eigenvalue weighted by Gasteiger charge is -2.01. The SMILES string of the molecule is C#CCn1c(=NC(=O)Cn2nc(C)cc2C)sc2cc([N+](=O)[O-])ccc21. The number of benzene rings is 1. The molecule has 0 fully saturated rings. The van der Waals surface area contributed by atoms with Crippen LogP contribution in [0.3, 0.4) is 0 Å². The molecular formula is C17H15N5O3S. The van der Waals surface area contributed by atoms with E-state index >= 15 is 0 Å². The first-order valence-corrected chi connectivity index (χ1v) is 8.50. The molecule has 0 bridgehead atoms. The molecule has 8 nitrogen and oxygen atoms in total. The maximum atomic E-state index is 12.4. The van der Waals surface area contributed by atoms with Gasteiger partial charge in [0, 0.05) is 17.8 Å². The van der Waals surface area contributed by atoms with Gasteiger partial charge in [-0.2, -0.15) is 10.1 Å². The van der Waals surface area contributed by atoms with Crippen molar-refractivity contribution in [3.05, 3.63) is 50.6 Å². The quantitative estimate of drug-likeness (QED) is 0.400. The summed E-state index contributed by atoms with van der Waals surface area (Å²) in [5, 5.41) is 15.2. The van der Waals surface area contributed by atoms with Crippen molar-refractivity contribution in [3.63, 3.8) is 0 Å². The molecule has 0 aliphatic rings. The highest BCUT2D eigenvalue weighted by molar-refractivity contribution is 7.16. The molecule has 0 unspecified atom stereocenters. The number of aryl methyl sites for hydroxylation is 2. The molecule has 0 N–H and O–H groups in total. The van der Waals surface area contributed by atoms with E-state index in [0.29, 0.717) is 15.0 Å². The Balaban J connectivity index is 2.04. The van der Waals surface area contributed by atoms with Crippen molar-refractivity contribution >= 4 is 33.1 Å². The number of carbonyl (C=O) groups is 1. The van der Waals surface area contributed by atoms with E-state index in [-0.39, 0.29) is 24.7 Å². The predicted molar refractivity (Wildman–Crippen MR) is 97.6 cm³/mol. The van der Waals surface area contributed by atoms with Gasteiger partial charge in [0.1, 0.15) is 6.54 Å². The Morgan fingerprint density at radius 2 is 2.19 bits per heavy atom. The van der Waals surface area contributed by atoms with Crippen molar-refractivity contribution < 1.29 is 9.72 Å². The summed E-state index contributed by atoms with van der Waals surface area (Å²) in [6.45, 7) is 3.95. The molecule has 0 radical (unpaired) electrons. The molecule has 3 rings (SSSR count). The van der Waals surface area contributed by atoms with Crippen LogP contribution in [0.1, 0.15) is 11.4 Å². The van der Waals surface area contributed by atoms with Crippen LogP contribution < -0.4 is 4.80 Å². The molecule has 0 atom stereocenters. The largest absolute Gasteiger partial charge is 0.305 e. The van der Waals surface area contributed by atoms with Gasteiger partial charge in [0.25, 0.3) is 11.6 Å². The minimum absolute atomic E-state index is 0.0180. The highest BCUT2D eigenvalue weighted by Gasteiger charge is 2.13. The zero-order valence-corrected chi connectivity index (χ0v) is 15.0. The third-order valence-corrected chi connectivity index (χ3v) is 4.78. The number of nitro groups is 1. The van der Waals surface area contributed by atoms with Crippen LogP contribution >= 0.6 is 11.3 Å². The zero-order valence-electron chi connectivity index (χ0n) is 14.2. The molecule has 2 aromatic heterocycles. The summed E-state index contributed by atoms with van der Waals surface area (Å²) >= 11 is 1.19. The lowest BCUT2D eigenvalue weighted by atomic mass is 10.3. The molecule has 0 saturated heterocycles. The molecule has 0 aliphatic carbocycles. The Morgan fingerprint density at radius 3 is 2.81 bits per heavy atom. The topological polar surface area (TPSA) is 95.3 Å². The van der Waals surface area contributed by atoms with Gasteiger partial charge in [-0.15, -0.1) is 6.42 Å². The molecule has 3 aromatic rings. The van der Waals surface area contributed by atoms with Gasteiger partial charge in [-0.25, -0.2) is 0 Å². The predicted octanol–water partition coefficient (Wildman–Crippen LogP) is 2.19. The molecule has 132 valence electrons. The monoisotopic (exact) mass is 369 g/mol. The number of hydrogen-bond donors (Lipinski definition) is 0. The Hall–Kier alpha value is -3.25. The number of aromatic nitrogens is 3. The highest BCUT2D eigenvalue weighted by Crippen LogP contribution is 2.23. The van der Waals surface area contributed by atoms with E-state index in [1.54, 1.807) is 15.3 Å². The number of rotatable bonds is 4. The number of terminal acetylenes is 1. The first-order chi connectivity index (χ1) is 12.4. The molecule has 26 heavy (non-hydrogen) atoms. The average molecular weight is 369 g/mol. The average Bonchev–Trinajstić information content (AvgIpc) is 3.06. The first-order valence-electron chi connectivity index (χ1n) is 7.69. The molecule has 2 heterocycles. The molecular weight excluding hydrogens is 354 g/mol. The number of fused-ring (bicyclic) bond motifs is 1. The maximum Gasteiger partial charge on any atom is 0.270 e. The summed E-state index contributed by atoms with van der Waals surface area (Å²) in [7, 11) is 0. The van der Waals surface area contributed by atoms with Crippen molar-refractivity contribution in [3.8, 4) is 12.3 Å². The Labute approximate surface area is 152 Å². The first kappa shape index (κ1) is 17.6. The van der Waals surface area contributed by atoms with E-state index in [1.807, 2.05) is 19.9 Å². The molecule has 0 saturated carbocycles. The number of hydrogen-bond acceptors (Lipinski definition) is 5. The van der Waals surface area contributed by atoms with E-state index in [0.717, 1.165) is 11.4 Å². The van der Waals surface area contributed by atoms with Crippen molar-refractivity contribution in [1.29, 1.82) is 0 Å². The number of non-ortho nitro benzene ring substituents is 1. The summed E-state index contributed by atoms with van der Waals surface area (Å²) in [5.74, 6) is 2.15. The zero-order chi connectivity index (χ0) is 18.8. The van der Waals surface area contributed by atoms with Gasteiger partial charge in [-0.3, -0.25) is 19.6 Å². The summed E-state index contributed by atoms with van der Waals surface area (Å²) in [6.07, 6.45) is 5.42. The fourth-order valence-electron chi connectivity index (χ4n) is 2.61. The number of amides is 1. The van der Waals surface area contributed by atoms with Gasteiger partial charge >= 0.3 is 0 Å². The highest BCUT2D eigenvalue weighted by atomic mass is 32.1. The van der Waals surface area contributed by atoms with E-state index in [2.05, 4.69) is 16.0 Å². The maximum absolute atomic E-state index is 12.4. The van der Waals surface area contributed by atoms with Gasteiger partial charge in [-0.05, 0) is 26.0 Å². The molecule has 9 heteroatoms. The van der Waals surface area contributed by atoms with Crippen molar-refractivity contribution in [1.82, 2.24) is 14.3 Å². The number of nitrogens with zero attached hydrogens (tertiary/aromatic N) is 5. The van der Waals surface area contributed by atoms with Crippen molar-refractivity contribution in [2.75, 3.05) is 0 Å². The summed E-state index contributed by atoms with van der Waals surface area (Å²) in [4.78, 5) is 27.4. The van der Waals surface area contributed by atoms with Gasteiger partial charge in [0.15, 0.2) is 4.80 Å². The molecule has 0 aliphatic heterocycles. The second kappa shape index (κ2) is 6.93. The van der Waals surface area contributed by atoms with Gasteiger partial charge < -0.3 is 4.57 Å². The minimum atomic E-state index is -0.463. The number of nitro benzene ring substituents is 1. The summed E-state index contributed by atoms with van der Waals surface area (Å²) < 4.78 is 3.93. The van der Waals surface area contributed by atoms with Gasteiger partial charge in [0.05, 0.1) is 27.4 Å². The minimum Gasteiger partial charge on any atom is -0.305 e. The fourth-order valence-corrected chi connectivity index (χ4v) is 3.69. The van der Waals surface area contributed by atoms with E-state index in [9.17, 15) is 14.9 Å². The van der Waals surface area contributed by atoms with E-state index in [4.69, 9.17) is 6.42 Å². The second-order valence-electron chi connectivity index (χ2n) is 5.67. The third-order valence-electron chi connectivity index (χ3n) is 3.74. The van der Waals surface area contributed by atoms with Crippen LogP contribution in [0.2, 0.25) is 0 Å². The van der Waals surface area contributed by atoms with Crippen LogP contribution in [0.25, 0.3) is 10.2 Å².